The van der Waals surface area contributed by atoms with Crippen LogP contribution >= 0.6 is 0 Å². The molecule has 1 N–H and O–H groups in total. The number of aromatic nitrogens is 1. The number of hydrogen-bond donors (Lipinski definition) is 1. The third kappa shape index (κ3) is 2.35. The van der Waals surface area contributed by atoms with Gasteiger partial charge >= 0.3 is 0 Å². The van der Waals surface area contributed by atoms with Crippen molar-refractivity contribution in [2.45, 2.75) is 13.8 Å². The molecule has 0 saturated carbocycles. The van der Waals surface area contributed by atoms with E-state index in [1.54, 1.807) is 26.0 Å². The summed E-state index contributed by atoms with van der Waals surface area (Å²) in [5.41, 5.74) is 0.604. The third-order valence-corrected chi connectivity index (χ3v) is 3.26. The second-order valence-electron chi connectivity index (χ2n) is 4.45. The average molecular weight is 258 g/mol. The van der Waals surface area contributed by atoms with Crippen LogP contribution < -0.4 is 4.90 Å². The smallest absolute Gasteiger partial charge is 0.238 e. The van der Waals surface area contributed by atoms with Gasteiger partial charge in [-0.25, -0.2) is 9.88 Å². The Labute approximate surface area is 111 Å². The van der Waals surface area contributed by atoms with E-state index in [9.17, 15) is 9.59 Å². The lowest BCUT2D eigenvalue weighted by molar-refractivity contribution is -0.122. The Morgan fingerprint density at radius 3 is 2.53 bits per heavy atom. The van der Waals surface area contributed by atoms with Crippen LogP contribution in [0.25, 0.3) is 0 Å². The van der Waals surface area contributed by atoms with E-state index in [0.29, 0.717) is 5.56 Å². The van der Waals surface area contributed by atoms with E-state index in [2.05, 4.69) is 16.8 Å². The minimum absolute atomic E-state index is 0.239. The highest BCUT2D eigenvalue weighted by atomic mass is 16.2. The van der Waals surface area contributed by atoms with E-state index >= 15 is 0 Å². The minimum Gasteiger partial charge on any atom is -0.384 e. The Hall–Kier alpha value is -2.19. The van der Waals surface area contributed by atoms with Crippen molar-refractivity contribution in [1.29, 1.82) is 0 Å². The highest BCUT2D eigenvalue weighted by Gasteiger charge is 2.43. The van der Waals surface area contributed by atoms with Gasteiger partial charge in [0.2, 0.25) is 11.8 Å². The van der Waals surface area contributed by atoms with Crippen molar-refractivity contribution in [1.82, 2.24) is 4.98 Å². The number of pyridine rings is 1. The van der Waals surface area contributed by atoms with Gasteiger partial charge in [-0.3, -0.25) is 9.59 Å². The summed E-state index contributed by atoms with van der Waals surface area (Å²) in [6.07, 6.45) is 1.49. The maximum Gasteiger partial charge on any atom is 0.238 e. The fraction of sp³-hybridized carbons (Fsp3) is 0.357. The summed E-state index contributed by atoms with van der Waals surface area (Å²) in [7, 11) is 0. The first-order chi connectivity index (χ1) is 9.06. The van der Waals surface area contributed by atoms with Crippen molar-refractivity contribution < 1.29 is 14.7 Å². The number of nitrogens with zero attached hydrogens (tertiary/aromatic N) is 2. The number of aliphatic hydroxyl groups excluding tert-OH is 1. The molecule has 0 spiro atoms. The zero-order valence-corrected chi connectivity index (χ0v) is 10.8. The lowest BCUT2D eigenvalue weighted by Gasteiger charge is -2.13. The summed E-state index contributed by atoms with van der Waals surface area (Å²) in [6, 6.07) is 3.23. The van der Waals surface area contributed by atoms with E-state index in [0.717, 1.165) is 4.90 Å². The first-order valence-corrected chi connectivity index (χ1v) is 6.00. The maximum atomic E-state index is 12.0. The van der Waals surface area contributed by atoms with Gasteiger partial charge in [-0.1, -0.05) is 25.7 Å². The highest BCUT2D eigenvalue weighted by Crippen LogP contribution is 2.29. The second-order valence-corrected chi connectivity index (χ2v) is 4.45. The molecule has 0 aromatic carbocycles. The topological polar surface area (TPSA) is 70.5 Å². The number of carbonyl (C=O) groups excluding carboxylic acids is 2. The molecule has 0 bridgehead atoms. The molecule has 1 aliphatic heterocycles. The number of amides is 2. The molecule has 2 heterocycles. The van der Waals surface area contributed by atoms with Gasteiger partial charge in [-0.2, -0.15) is 0 Å². The SMILES string of the molecule is CC1C(=O)N(c2cc(C#CCO)ccn2)C(=O)C1C. The predicted octanol–water partition coefficient (Wildman–Crippen LogP) is 0.571. The van der Waals surface area contributed by atoms with E-state index in [-0.39, 0.29) is 36.1 Å². The van der Waals surface area contributed by atoms with Gasteiger partial charge in [-0.05, 0) is 12.1 Å². The fourth-order valence-electron chi connectivity index (χ4n) is 1.93. The van der Waals surface area contributed by atoms with Crippen LogP contribution in [0.1, 0.15) is 19.4 Å². The standard InChI is InChI=1S/C14H14N2O3/c1-9-10(2)14(19)16(13(9)18)12-8-11(4-3-7-17)5-6-15-12/h5-6,8-10,17H,7H2,1-2H3. The zero-order valence-electron chi connectivity index (χ0n) is 10.8. The molecule has 0 radical (unpaired) electrons. The summed E-state index contributed by atoms with van der Waals surface area (Å²) in [4.78, 5) is 29.2. The van der Waals surface area contributed by atoms with Crippen LogP contribution in [0, 0.1) is 23.7 Å². The Kier molecular flexibility index (Phi) is 3.63. The van der Waals surface area contributed by atoms with Gasteiger partial charge in [0.25, 0.3) is 0 Å². The van der Waals surface area contributed by atoms with E-state index in [1.165, 1.54) is 6.20 Å². The van der Waals surface area contributed by atoms with Crippen molar-refractivity contribution in [3.8, 4) is 11.8 Å². The molecule has 98 valence electrons. The number of rotatable bonds is 1. The first kappa shape index (κ1) is 13.2. The lowest BCUT2D eigenvalue weighted by atomic mass is 10.00. The Morgan fingerprint density at radius 2 is 1.95 bits per heavy atom. The molecule has 5 heteroatoms. The summed E-state index contributed by atoms with van der Waals surface area (Å²) in [6.45, 7) is 3.23. The number of hydrogen-bond acceptors (Lipinski definition) is 4. The van der Waals surface area contributed by atoms with E-state index in [1.807, 2.05) is 0 Å². The Morgan fingerprint density at radius 1 is 1.32 bits per heavy atom. The number of aliphatic hydroxyl groups is 1. The van der Waals surface area contributed by atoms with Gasteiger partial charge < -0.3 is 5.11 Å². The fourth-order valence-corrected chi connectivity index (χ4v) is 1.93. The summed E-state index contributed by atoms with van der Waals surface area (Å²) in [5, 5.41) is 8.65. The molecule has 2 unspecified atom stereocenters. The molecule has 1 saturated heterocycles. The van der Waals surface area contributed by atoms with Crippen LogP contribution in [-0.4, -0.2) is 28.5 Å². The molecule has 1 aliphatic rings. The van der Waals surface area contributed by atoms with Crippen LogP contribution in [0.5, 0.6) is 0 Å². The number of carbonyl (C=O) groups is 2. The number of imide groups is 1. The summed E-state index contributed by atoms with van der Waals surface area (Å²) in [5.74, 6) is 4.38. The minimum atomic E-state index is -0.332. The molecular formula is C14H14N2O3. The van der Waals surface area contributed by atoms with Crippen LogP contribution in [0.2, 0.25) is 0 Å². The summed E-state index contributed by atoms with van der Waals surface area (Å²) >= 11 is 0. The van der Waals surface area contributed by atoms with Crippen molar-refractivity contribution in [3.05, 3.63) is 23.9 Å². The molecule has 0 aliphatic carbocycles. The van der Waals surface area contributed by atoms with Gasteiger partial charge in [-0.15, -0.1) is 0 Å². The molecular weight excluding hydrogens is 244 g/mol. The highest BCUT2D eigenvalue weighted by molar-refractivity contribution is 6.21. The molecule has 2 atom stereocenters. The molecule has 1 aromatic rings. The molecule has 19 heavy (non-hydrogen) atoms. The second kappa shape index (κ2) is 5.21. The lowest BCUT2D eigenvalue weighted by Crippen LogP contribution is -2.31. The van der Waals surface area contributed by atoms with Crippen LogP contribution in [0.4, 0.5) is 5.82 Å². The van der Waals surface area contributed by atoms with Gasteiger partial charge in [0.1, 0.15) is 12.4 Å². The molecule has 2 amide bonds. The van der Waals surface area contributed by atoms with Crippen LogP contribution in [-0.2, 0) is 9.59 Å². The Balaban J connectivity index is 2.37. The number of anilines is 1. The maximum absolute atomic E-state index is 12.0. The van der Waals surface area contributed by atoms with Crippen molar-refractivity contribution in [2.24, 2.45) is 11.8 Å². The monoisotopic (exact) mass is 258 g/mol. The van der Waals surface area contributed by atoms with Crippen molar-refractivity contribution in [3.63, 3.8) is 0 Å². The molecule has 1 aromatic heterocycles. The van der Waals surface area contributed by atoms with Gasteiger partial charge in [0, 0.05) is 23.6 Å². The van der Waals surface area contributed by atoms with Crippen molar-refractivity contribution >= 4 is 17.6 Å². The molecule has 5 nitrogen and oxygen atoms in total. The van der Waals surface area contributed by atoms with Gasteiger partial charge in [0.05, 0.1) is 0 Å². The normalized spacial score (nSPS) is 22.4. The van der Waals surface area contributed by atoms with Gasteiger partial charge in [0.15, 0.2) is 0 Å². The first-order valence-electron chi connectivity index (χ1n) is 6.00. The largest absolute Gasteiger partial charge is 0.384 e. The zero-order chi connectivity index (χ0) is 14.0. The molecule has 2 rings (SSSR count). The quantitative estimate of drug-likeness (QED) is 0.590. The Bertz CT molecular complexity index is 566. The molecule has 1 fully saturated rings. The van der Waals surface area contributed by atoms with Crippen LogP contribution in [0.15, 0.2) is 18.3 Å². The van der Waals surface area contributed by atoms with Crippen LogP contribution in [0.3, 0.4) is 0 Å². The predicted molar refractivity (Wildman–Crippen MR) is 69.0 cm³/mol. The average Bonchev–Trinajstić information content (AvgIpc) is 2.61. The third-order valence-electron chi connectivity index (χ3n) is 3.26. The van der Waals surface area contributed by atoms with E-state index < -0.39 is 0 Å². The van der Waals surface area contributed by atoms with Crippen molar-refractivity contribution in [2.75, 3.05) is 11.5 Å². The summed E-state index contributed by atoms with van der Waals surface area (Å²) < 4.78 is 0. The van der Waals surface area contributed by atoms with E-state index in [4.69, 9.17) is 5.11 Å².